The summed E-state index contributed by atoms with van der Waals surface area (Å²) in [6.45, 7) is 6.53. The molecule has 0 aliphatic carbocycles. The van der Waals surface area contributed by atoms with Crippen molar-refractivity contribution in [3.63, 3.8) is 0 Å². The molecule has 2 N–H and O–H groups in total. The molecule has 196 valence electrons. The fraction of sp³-hybridized carbons (Fsp3) is 0.767. The van der Waals surface area contributed by atoms with Gasteiger partial charge >= 0.3 is 0 Å². The molecule has 0 bridgehead atoms. The number of amides is 1. The van der Waals surface area contributed by atoms with E-state index in [1.807, 2.05) is 24.3 Å². The van der Waals surface area contributed by atoms with Gasteiger partial charge in [0.2, 0.25) is 5.91 Å². The van der Waals surface area contributed by atoms with Crippen molar-refractivity contribution in [1.82, 2.24) is 5.32 Å². The van der Waals surface area contributed by atoms with Crippen molar-refractivity contribution in [2.24, 2.45) is 0 Å². The third kappa shape index (κ3) is 18.8. The van der Waals surface area contributed by atoms with Crippen molar-refractivity contribution in [3.05, 3.63) is 24.3 Å². The normalized spacial score (nSPS) is 11.0. The summed E-state index contributed by atoms with van der Waals surface area (Å²) in [7, 11) is 0. The van der Waals surface area contributed by atoms with Gasteiger partial charge in [-0.1, -0.05) is 117 Å². The van der Waals surface area contributed by atoms with Crippen molar-refractivity contribution in [2.75, 3.05) is 25.0 Å². The fourth-order valence-electron chi connectivity index (χ4n) is 4.20. The zero-order chi connectivity index (χ0) is 24.5. The van der Waals surface area contributed by atoms with E-state index in [1.54, 1.807) is 0 Å². The molecule has 0 heterocycles. The number of anilines is 1. The standard InChI is InChI=1S/C30H54N2O2/c1-3-5-7-9-10-11-12-13-14-15-16-17-18-19-25-31-27-30(33)32-28-21-23-29(24-22-28)34-26-20-8-6-4-2/h21-24,31H,3-20,25-27H2,1-2H3,(H,32,33). The van der Waals surface area contributed by atoms with Crippen LogP contribution < -0.4 is 15.4 Å². The first-order valence-electron chi connectivity index (χ1n) is 14.5. The second-order valence-corrected chi connectivity index (χ2v) is 9.75. The van der Waals surface area contributed by atoms with Crippen LogP contribution in [0.5, 0.6) is 5.75 Å². The number of benzene rings is 1. The Bertz CT molecular complexity index is 574. The van der Waals surface area contributed by atoms with E-state index < -0.39 is 0 Å². The molecule has 1 rings (SSSR count). The number of carbonyl (C=O) groups is 1. The van der Waals surface area contributed by atoms with Gasteiger partial charge in [0.15, 0.2) is 0 Å². The van der Waals surface area contributed by atoms with Gasteiger partial charge in [-0.25, -0.2) is 0 Å². The van der Waals surface area contributed by atoms with Crippen molar-refractivity contribution < 1.29 is 9.53 Å². The average Bonchev–Trinajstić information content (AvgIpc) is 2.84. The van der Waals surface area contributed by atoms with Crippen molar-refractivity contribution in [2.45, 2.75) is 129 Å². The summed E-state index contributed by atoms with van der Waals surface area (Å²) in [6.07, 6.45) is 24.0. The molecule has 0 aliphatic heterocycles. The van der Waals surface area contributed by atoms with E-state index in [9.17, 15) is 4.79 Å². The van der Waals surface area contributed by atoms with Gasteiger partial charge in [0.25, 0.3) is 0 Å². The van der Waals surface area contributed by atoms with Crippen LogP contribution in [-0.4, -0.2) is 25.6 Å². The fourth-order valence-corrected chi connectivity index (χ4v) is 4.20. The number of rotatable bonds is 24. The van der Waals surface area contributed by atoms with Gasteiger partial charge in [-0.05, 0) is 43.7 Å². The lowest BCUT2D eigenvalue weighted by Crippen LogP contribution is -2.28. The molecule has 1 amide bonds. The molecule has 0 spiro atoms. The average molecular weight is 475 g/mol. The molecule has 0 saturated heterocycles. The third-order valence-corrected chi connectivity index (χ3v) is 6.40. The SMILES string of the molecule is CCCCCCCCCCCCCCCCNCC(=O)Nc1ccc(OCCCCCC)cc1. The van der Waals surface area contributed by atoms with Crippen LogP contribution in [-0.2, 0) is 4.79 Å². The van der Waals surface area contributed by atoms with Gasteiger partial charge in [0.05, 0.1) is 13.2 Å². The molecule has 0 atom stereocenters. The second kappa shape index (κ2) is 23.2. The minimum absolute atomic E-state index is 0.0126. The van der Waals surface area contributed by atoms with E-state index >= 15 is 0 Å². The highest BCUT2D eigenvalue weighted by Crippen LogP contribution is 2.16. The molecule has 1 aromatic carbocycles. The maximum Gasteiger partial charge on any atom is 0.238 e. The lowest BCUT2D eigenvalue weighted by Gasteiger charge is -2.09. The van der Waals surface area contributed by atoms with Gasteiger partial charge in [0.1, 0.15) is 5.75 Å². The summed E-state index contributed by atoms with van der Waals surface area (Å²) in [4.78, 5) is 12.1. The monoisotopic (exact) mass is 474 g/mol. The van der Waals surface area contributed by atoms with Gasteiger partial charge in [-0.3, -0.25) is 4.79 Å². The zero-order valence-electron chi connectivity index (χ0n) is 22.5. The summed E-state index contributed by atoms with van der Waals surface area (Å²) in [5.41, 5.74) is 0.821. The summed E-state index contributed by atoms with van der Waals surface area (Å²) in [5.74, 6) is 0.879. The summed E-state index contributed by atoms with van der Waals surface area (Å²) in [6, 6.07) is 7.68. The molecule has 0 radical (unpaired) electrons. The van der Waals surface area contributed by atoms with Crippen LogP contribution >= 0.6 is 0 Å². The van der Waals surface area contributed by atoms with E-state index in [0.29, 0.717) is 6.54 Å². The van der Waals surface area contributed by atoms with E-state index in [4.69, 9.17) is 4.74 Å². The lowest BCUT2D eigenvalue weighted by atomic mass is 10.0. The Balaban J connectivity index is 1.89. The maximum atomic E-state index is 12.1. The minimum atomic E-state index is 0.0126. The van der Waals surface area contributed by atoms with Gasteiger partial charge in [-0.2, -0.15) is 0 Å². The first-order valence-corrected chi connectivity index (χ1v) is 14.5. The van der Waals surface area contributed by atoms with E-state index in [-0.39, 0.29) is 5.91 Å². The van der Waals surface area contributed by atoms with E-state index in [1.165, 1.54) is 103 Å². The summed E-state index contributed by atoms with van der Waals surface area (Å²) in [5, 5.41) is 6.22. The van der Waals surface area contributed by atoms with Crippen LogP contribution in [0.4, 0.5) is 5.69 Å². The molecule has 4 heteroatoms. The lowest BCUT2D eigenvalue weighted by molar-refractivity contribution is -0.115. The van der Waals surface area contributed by atoms with E-state index in [0.717, 1.165) is 37.4 Å². The molecule has 1 aromatic rings. The third-order valence-electron chi connectivity index (χ3n) is 6.40. The van der Waals surface area contributed by atoms with Crippen molar-refractivity contribution in [3.8, 4) is 5.75 Å². The molecule has 0 aromatic heterocycles. The number of carbonyl (C=O) groups excluding carboxylic acids is 1. The van der Waals surface area contributed by atoms with Crippen LogP contribution in [0.1, 0.15) is 129 Å². The predicted octanol–water partition coefficient (Wildman–Crippen LogP) is 8.66. The largest absolute Gasteiger partial charge is 0.494 e. The highest BCUT2D eigenvalue weighted by Gasteiger charge is 2.02. The van der Waals surface area contributed by atoms with Gasteiger partial charge < -0.3 is 15.4 Å². The Labute approximate surface area is 211 Å². The summed E-state index contributed by atoms with van der Waals surface area (Å²) >= 11 is 0. The Kier molecular flexibility index (Phi) is 20.8. The molecule has 34 heavy (non-hydrogen) atoms. The Morgan fingerprint density at radius 2 is 1.12 bits per heavy atom. The molecular formula is C30H54N2O2. The molecule has 0 unspecified atom stereocenters. The first-order chi connectivity index (χ1) is 16.8. The Hall–Kier alpha value is -1.55. The number of hydrogen-bond acceptors (Lipinski definition) is 3. The van der Waals surface area contributed by atoms with Crippen molar-refractivity contribution in [1.29, 1.82) is 0 Å². The molecule has 0 fully saturated rings. The van der Waals surface area contributed by atoms with Crippen LogP contribution in [0.15, 0.2) is 24.3 Å². The minimum Gasteiger partial charge on any atom is -0.494 e. The number of nitrogens with one attached hydrogen (secondary N) is 2. The van der Waals surface area contributed by atoms with Gasteiger partial charge in [-0.15, -0.1) is 0 Å². The highest BCUT2D eigenvalue weighted by molar-refractivity contribution is 5.92. The second-order valence-electron chi connectivity index (χ2n) is 9.75. The van der Waals surface area contributed by atoms with Crippen LogP contribution in [0.25, 0.3) is 0 Å². The van der Waals surface area contributed by atoms with Crippen LogP contribution in [0.3, 0.4) is 0 Å². The Morgan fingerprint density at radius 3 is 1.65 bits per heavy atom. The molecule has 0 aliphatic rings. The quantitative estimate of drug-likeness (QED) is 0.147. The topological polar surface area (TPSA) is 50.4 Å². The van der Waals surface area contributed by atoms with E-state index in [2.05, 4.69) is 24.5 Å². The van der Waals surface area contributed by atoms with Crippen LogP contribution in [0.2, 0.25) is 0 Å². The van der Waals surface area contributed by atoms with Gasteiger partial charge in [0, 0.05) is 5.69 Å². The Morgan fingerprint density at radius 1 is 0.647 bits per heavy atom. The summed E-state index contributed by atoms with van der Waals surface area (Å²) < 4.78 is 5.75. The van der Waals surface area contributed by atoms with Crippen molar-refractivity contribution >= 4 is 11.6 Å². The molecule has 4 nitrogen and oxygen atoms in total. The number of ether oxygens (including phenoxy) is 1. The molecule has 0 saturated carbocycles. The smallest absolute Gasteiger partial charge is 0.238 e. The number of hydrogen-bond donors (Lipinski definition) is 2. The first kappa shape index (κ1) is 30.5. The maximum absolute atomic E-state index is 12.1. The molecular weight excluding hydrogens is 420 g/mol. The predicted molar refractivity (Wildman–Crippen MR) is 148 cm³/mol. The number of unbranched alkanes of at least 4 members (excludes halogenated alkanes) is 16. The van der Waals surface area contributed by atoms with Crippen LogP contribution in [0, 0.1) is 0 Å². The zero-order valence-corrected chi connectivity index (χ0v) is 22.5. The highest BCUT2D eigenvalue weighted by atomic mass is 16.5.